The molecule has 0 aromatic rings. The molecule has 0 saturated heterocycles. The number of rotatable bonds is 0. The summed E-state index contributed by atoms with van der Waals surface area (Å²) in [4.78, 5) is 0. The molecule has 0 aliphatic heterocycles. The average molecular weight is 156 g/mol. The van der Waals surface area contributed by atoms with Gasteiger partial charge in [0.25, 0.3) is 0 Å². The minimum absolute atomic E-state index is 1.01. The molecule has 1 saturated carbocycles. The summed E-state index contributed by atoms with van der Waals surface area (Å²) < 4.78 is 0. The summed E-state index contributed by atoms with van der Waals surface area (Å²) in [6.07, 6.45) is 7.15. The predicted octanol–water partition coefficient (Wildman–Crippen LogP) is 4.25. The fraction of sp³-hybridized carbons (Fsp3) is 1.00. The van der Waals surface area contributed by atoms with Gasteiger partial charge in [-0.25, -0.2) is 0 Å². The van der Waals surface area contributed by atoms with Crippen LogP contribution in [0.4, 0.5) is 0 Å². The van der Waals surface area contributed by atoms with E-state index in [9.17, 15) is 0 Å². The van der Waals surface area contributed by atoms with Gasteiger partial charge < -0.3 is 0 Å². The predicted molar refractivity (Wildman–Crippen MR) is 52.8 cm³/mol. The van der Waals surface area contributed by atoms with Gasteiger partial charge in [0.1, 0.15) is 0 Å². The topological polar surface area (TPSA) is 0 Å². The lowest BCUT2D eigenvalue weighted by Crippen LogP contribution is -2.09. The molecule has 0 spiro atoms. The van der Waals surface area contributed by atoms with Gasteiger partial charge in [-0.3, -0.25) is 0 Å². The van der Waals surface area contributed by atoms with E-state index in [1.807, 2.05) is 0 Å². The van der Waals surface area contributed by atoms with Crippen LogP contribution >= 0.6 is 0 Å². The summed E-state index contributed by atoms with van der Waals surface area (Å²) >= 11 is 0. The summed E-state index contributed by atoms with van der Waals surface area (Å²) in [5.74, 6) is 2.03. The minimum atomic E-state index is 1.01. The van der Waals surface area contributed by atoms with Crippen LogP contribution in [0.15, 0.2) is 0 Å². The zero-order valence-electron chi connectivity index (χ0n) is 8.69. The fourth-order valence-corrected chi connectivity index (χ4v) is 1.74. The van der Waals surface area contributed by atoms with E-state index in [1.165, 1.54) is 32.1 Å². The highest BCUT2D eigenvalue weighted by atomic mass is 14.2. The normalized spacial score (nSPS) is 30.5. The van der Waals surface area contributed by atoms with Crippen molar-refractivity contribution in [2.75, 3.05) is 0 Å². The SMILES string of the molecule is CCC.C[C@@H]1CCC[C@H](C)C1. The van der Waals surface area contributed by atoms with E-state index in [2.05, 4.69) is 27.7 Å². The molecule has 1 aliphatic carbocycles. The lowest BCUT2D eigenvalue weighted by Gasteiger charge is -2.22. The van der Waals surface area contributed by atoms with Crippen molar-refractivity contribution in [1.29, 1.82) is 0 Å². The van der Waals surface area contributed by atoms with Gasteiger partial charge in [-0.05, 0) is 18.3 Å². The zero-order chi connectivity index (χ0) is 8.69. The second-order valence-corrected chi connectivity index (χ2v) is 4.08. The molecule has 0 bridgehead atoms. The summed E-state index contributed by atoms with van der Waals surface area (Å²) in [6, 6.07) is 0. The summed E-state index contributed by atoms with van der Waals surface area (Å²) in [7, 11) is 0. The fourth-order valence-electron chi connectivity index (χ4n) is 1.74. The molecule has 0 heteroatoms. The van der Waals surface area contributed by atoms with E-state index in [0.29, 0.717) is 0 Å². The molecule has 1 aliphatic rings. The third kappa shape index (κ3) is 6.40. The Labute approximate surface area is 72.4 Å². The van der Waals surface area contributed by atoms with Crippen LogP contribution in [0.1, 0.15) is 59.8 Å². The Morgan fingerprint density at radius 3 is 1.55 bits per heavy atom. The molecule has 0 heterocycles. The van der Waals surface area contributed by atoms with Crippen molar-refractivity contribution in [2.45, 2.75) is 59.8 Å². The number of hydrogen-bond acceptors (Lipinski definition) is 0. The Hall–Kier alpha value is 0. The monoisotopic (exact) mass is 156 g/mol. The molecule has 0 N–H and O–H groups in total. The molecule has 0 nitrogen and oxygen atoms in total. The van der Waals surface area contributed by atoms with Gasteiger partial charge in [-0.15, -0.1) is 0 Å². The van der Waals surface area contributed by atoms with Crippen molar-refractivity contribution in [2.24, 2.45) is 11.8 Å². The van der Waals surface area contributed by atoms with Crippen LogP contribution in [-0.4, -0.2) is 0 Å². The van der Waals surface area contributed by atoms with Crippen molar-refractivity contribution in [3.05, 3.63) is 0 Å². The molecule has 68 valence electrons. The lowest BCUT2D eigenvalue weighted by atomic mass is 9.84. The lowest BCUT2D eigenvalue weighted by molar-refractivity contribution is 0.301. The van der Waals surface area contributed by atoms with Gasteiger partial charge >= 0.3 is 0 Å². The van der Waals surface area contributed by atoms with Crippen LogP contribution in [0.25, 0.3) is 0 Å². The maximum Gasteiger partial charge on any atom is -0.0440 e. The van der Waals surface area contributed by atoms with Gasteiger partial charge in [-0.2, -0.15) is 0 Å². The molecule has 0 aromatic heterocycles. The molecule has 11 heavy (non-hydrogen) atoms. The molecule has 0 radical (unpaired) electrons. The van der Waals surface area contributed by atoms with E-state index in [0.717, 1.165) is 11.8 Å². The highest BCUT2D eigenvalue weighted by molar-refractivity contribution is 4.66. The Balaban J connectivity index is 0.000000292. The van der Waals surface area contributed by atoms with Crippen LogP contribution in [0.2, 0.25) is 0 Å². The average Bonchev–Trinajstić information content (AvgIpc) is 1.88. The van der Waals surface area contributed by atoms with Crippen molar-refractivity contribution in [3.8, 4) is 0 Å². The Bertz CT molecular complexity index is 68.1. The maximum absolute atomic E-state index is 2.37. The molecular formula is C11H24. The van der Waals surface area contributed by atoms with Crippen LogP contribution in [0, 0.1) is 11.8 Å². The Kier molecular flexibility index (Phi) is 6.69. The van der Waals surface area contributed by atoms with Gasteiger partial charge in [0.15, 0.2) is 0 Å². The Morgan fingerprint density at radius 1 is 1.00 bits per heavy atom. The molecule has 1 fully saturated rings. The van der Waals surface area contributed by atoms with Crippen molar-refractivity contribution >= 4 is 0 Å². The van der Waals surface area contributed by atoms with Crippen LogP contribution < -0.4 is 0 Å². The minimum Gasteiger partial charge on any atom is -0.0656 e. The maximum atomic E-state index is 2.37. The molecule has 1 rings (SSSR count). The van der Waals surface area contributed by atoms with Gasteiger partial charge in [0, 0.05) is 0 Å². The van der Waals surface area contributed by atoms with Crippen LogP contribution in [-0.2, 0) is 0 Å². The van der Waals surface area contributed by atoms with Crippen molar-refractivity contribution in [1.82, 2.24) is 0 Å². The third-order valence-electron chi connectivity index (χ3n) is 2.20. The number of hydrogen-bond donors (Lipinski definition) is 0. The highest BCUT2D eigenvalue weighted by Crippen LogP contribution is 2.27. The molecule has 2 atom stereocenters. The van der Waals surface area contributed by atoms with E-state index in [-0.39, 0.29) is 0 Å². The van der Waals surface area contributed by atoms with Crippen molar-refractivity contribution in [3.63, 3.8) is 0 Å². The van der Waals surface area contributed by atoms with Gasteiger partial charge in [0.05, 0.1) is 0 Å². The molecule has 0 amide bonds. The second-order valence-electron chi connectivity index (χ2n) is 4.08. The smallest absolute Gasteiger partial charge is 0.0440 e. The van der Waals surface area contributed by atoms with Crippen LogP contribution in [0.5, 0.6) is 0 Å². The zero-order valence-corrected chi connectivity index (χ0v) is 8.69. The van der Waals surface area contributed by atoms with Crippen LogP contribution in [0.3, 0.4) is 0 Å². The molecular weight excluding hydrogens is 132 g/mol. The first kappa shape index (κ1) is 11.0. The summed E-state index contributed by atoms with van der Waals surface area (Å²) in [6.45, 7) is 8.99. The standard InChI is InChI=1S/C8H16.C3H8/c1-7-4-3-5-8(2)6-7;1-3-2/h7-8H,3-6H2,1-2H3;3H2,1-2H3/t7-,8+;. The quantitative estimate of drug-likeness (QED) is 0.492. The van der Waals surface area contributed by atoms with E-state index < -0.39 is 0 Å². The summed E-state index contributed by atoms with van der Waals surface area (Å²) in [5, 5.41) is 0. The molecule has 0 unspecified atom stereocenters. The molecule has 0 aromatic carbocycles. The van der Waals surface area contributed by atoms with Gasteiger partial charge in [-0.1, -0.05) is 53.4 Å². The Morgan fingerprint density at radius 2 is 1.36 bits per heavy atom. The van der Waals surface area contributed by atoms with E-state index >= 15 is 0 Å². The second kappa shape index (κ2) is 6.69. The summed E-state index contributed by atoms with van der Waals surface area (Å²) in [5.41, 5.74) is 0. The first-order valence-corrected chi connectivity index (χ1v) is 5.20. The van der Waals surface area contributed by atoms with Crippen molar-refractivity contribution < 1.29 is 0 Å². The van der Waals surface area contributed by atoms with E-state index in [1.54, 1.807) is 0 Å². The van der Waals surface area contributed by atoms with E-state index in [4.69, 9.17) is 0 Å². The first-order chi connectivity index (χ1) is 5.20. The van der Waals surface area contributed by atoms with Gasteiger partial charge in [0.2, 0.25) is 0 Å². The highest BCUT2D eigenvalue weighted by Gasteiger charge is 2.13. The first-order valence-electron chi connectivity index (χ1n) is 5.20. The largest absolute Gasteiger partial charge is 0.0656 e. The third-order valence-corrected chi connectivity index (χ3v) is 2.20.